The van der Waals surface area contributed by atoms with E-state index in [9.17, 15) is 4.79 Å². The van der Waals surface area contributed by atoms with Crippen LogP contribution in [-0.4, -0.2) is 27.1 Å². The summed E-state index contributed by atoms with van der Waals surface area (Å²) in [6.07, 6.45) is 4.45. The number of rotatable bonds is 3. The van der Waals surface area contributed by atoms with Gasteiger partial charge < -0.3 is 4.90 Å². The standard InChI is InChI=1S/C19H19N3OS/c1-21-11-15(10-20-21)18-13-22(12-14-5-2-3-7-17(14)18)19(23)9-16-6-4-8-24-16/h2-8,10-11,18H,9,12-13H2,1H3/t18-/m1/s1. The van der Waals surface area contributed by atoms with Crippen LogP contribution in [0.15, 0.2) is 54.2 Å². The van der Waals surface area contributed by atoms with Crippen molar-refractivity contribution in [2.75, 3.05) is 6.54 Å². The Morgan fingerprint density at radius 3 is 2.92 bits per heavy atom. The zero-order chi connectivity index (χ0) is 16.5. The van der Waals surface area contributed by atoms with E-state index in [-0.39, 0.29) is 11.8 Å². The minimum Gasteiger partial charge on any atom is -0.337 e. The average molecular weight is 337 g/mol. The van der Waals surface area contributed by atoms with E-state index in [0.29, 0.717) is 19.5 Å². The Kier molecular flexibility index (Phi) is 3.94. The van der Waals surface area contributed by atoms with E-state index in [0.717, 1.165) is 4.88 Å². The highest BCUT2D eigenvalue weighted by Crippen LogP contribution is 2.33. The Balaban J connectivity index is 1.63. The van der Waals surface area contributed by atoms with Crippen molar-refractivity contribution < 1.29 is 4.79 Å². The molecule has 4 rings (SSSR count). The first-order chi connectivity index (χ1) is 11.7. The molecule has 3 heterocycles. The molecule has 3 aromatic rings. The van der Waals surface area contributed by atoms with E-state index in [1.807, 2.05) is 46.4 Å². The molecule has 2 aromatic heterocycles. The Labute approximate surface area is 145 Å². The van der Waals surface area contributed by atoms with E-state index < -0.39 is 0 Å². The van der Waals surface area contributed by atoms with Gasteiger partial charge in [0.1, 0.15) is 0 Å². The number of hydrogen-bond donors (Lipinski definition) is 0. The van der Waals surface area contributed by atoms with Crippen LogP contribution in [0, 0.1) is 0 Å². The number of benzene rings is 1. The number of aryl methyl sites for hydroxylation is 1. The summed E-state index contributed by atoms with van der Waals surface area (Å²) in [5, 5.41) is 6.33. The fourth-order valence-electron chi connectivity index (χ4n) is 3.38. The van der Waals surface area contributed by atoms with Gasteiger partial charge in [0, 0.05) is 37.1 Å². The normalized spacial score (nSPS) is 16.9. The summed E-state index contributed by atoms with van der Waals surface area (Å²) < 4.78 is 1.82. The second-order valence-corrected chi connectivity index (χ2v) is 7.26. The number of nitrogens with zero attached hydrogens (tertiary/aromatic N) is 3. The van der Waals surface area contributed by atoms with Crippen LogP contribution in [0.2, 0.25) is 0 Å². The fraction of sp³-hybridized carbons (Fsp3) is 0.263. The first kappa shape index (κ1) is 15.1. The molecule has 0 N–H and O–H groups in total. The van der Waals surface area contributed by atoms with Crippen molar-refractivity contribution in [3.05, 3.63) is 75.7 Å². The van der Waals surface area contributed by atoms with Crippen molar-refractivity contribution >= 4 is 17.2 Å². The number of hydrogen-bond acceptors (Lipinski definition) is 3. The summed E-state index contributed by atoms with van der Waals surface area (Å²) in [5.41, 5.74) is 3.71. The summed E-state index contributed by atoms with van der Waals surface area (Å²) >= 11 is 1.64. The largest absolute Gasteiger partial charge is 0.337 e. The molecule has 1 aliphatic rings. The van der Waals surface area contributed by atoms with Crippen molar-refractivity contribution in [2.45, 2.75) is 18.9 Å². The van der Waals surface area contributed by atoms with Crippen LogP contribution in [-0.2, 0) is 24.8 Å². The number of carbonyl (C=O) groups excluding carboxylic acids is 1. The lowest BCUT2D eigenvalue weighted by Gasteiger charge is -2.34. The van der Waals surface area contributed by atoms with Crippen molar-refractivity contribution in [3.63, 3.8) is 0 Å². The van der Waals surface area contributed by atoms with Crippen molar-refractivity contribution in [2.24, 2.45) is 7.05 Å². The smallest absolute Gasteiger partial charge is 0.228 e. The third kappa shape index (κ3) is 2.87. The first-order valence-corrected chi connectivity index (χ1v) is 8.95. The highest BCUT2D eigenvalue weighted by molar-refractivity contribution is 7.10. The summed E-state index contributed by atoms with van der Waals surface area (Å²) in [7, 11) is 1.93. The predicted molar refractivity (Wildman–Crippen MR) is 94.9 cm³/mol. The molecule has 0 unspecified atom stereocenters. The Bertz CT molecular complexity index is 853. The molecule has 0 aliphatic carbocycles. The molecule has 1 atom stereocenters. The molecule has 0 saturated heterocycles. The zero-order valence-corrected chi connectivity index (χ0v) is 14.4. The zero-order valence-electron chi connectivity index (χ0n) is 13.6. The maximum atomic E-state index is 12.8. The molecule has 5 heteroatoms. The molecular formula is C19H19N3OS. The van der Waals surface area contributed by atoms with Gasteiger partial charge in [0.05, 0.1) is 12.6 Å². The van der Waals surface area contributed by atoms with Gasteiger partial charge in [-0.25, -0.2) is 0 Å². The second-order valence-electron chi connectivity index (χ2n) is 6.23. The lowest BCUT2D eigenvalue weighted by atomic mass is 9.86. The van der Waals surface area contributed by atoms with Gasteiger partial charge in [-0.05, 0) is 28.1 Å². The first-order valence-electron chi connectivity index (χ1n) is 8.07. The van der Waals surface area contributed by atoms with E-state index in [4.69, 9.17) is 0 Å². The van der Waals surface area contributed by atoms with Gasteiger partial charge in [-0.1, -0.05) is 30.3 Å². The van der Waals surface area contributed by atoms with Gasteiger partial charge >= 0.3 is 0 Å². The monoisotopic (exact) mass is 337 g/mol. The Morgan fingerprint density at radius 2 is 2.17 bits per heavy atom. The number of aromatic nitrogens is 2. The van der Waals surface area contributed by atoms with Crippen molar-refractivity contribution in [1.82, 2.24) is 14.7 Å². The van der Waals surface area contributed by atoms with Crippen LogP contribution in [0.3, 0.4) is 0 Å². The molecule has 1 aliphatic heterocycles. The molecule has 24 heavy (non-hydrogen) atoms. The van der Waals surface area contributed by atoms with E-state index in [1.165, 1.54) is 16.7 Å². The SMILES string of the molecule is Cn1cc([C@H]2CN(C(=O)Cc3cccs3)Cc3ccccc32)cn1. The Hall–Kier alpha value is -2.40. The van der Waals surface area contributed by atoms with Gasteiger partial charge in [0.25, 0.3) is 0 Å². The molecular weight excluding hydrogens is 318 g/mol. The van der Waals surface area contributed by atoms with Crippen LogP contribution in [0.4, 0.5) is 0 Å². The molecule has 1 amide bonds. The van der Waals surface area contributed by atoms with Crippen LogP contribution in [0.5, 0.6) is 0 Å². The maximum Gasteiger partial charge on any atom is 0.228 e. The van der Waals surface area contributed by atoms with Crippen LogP contribution < -0.4 is 0 Å². The van der Waals surface area contributed by atoms with Crippen LogP contribution in [0.1, 0.15) is 27.5 Å². The summed E-state index contributed by atoms with van der Waals surface area (Å²) in [6.45, 7) is 1.41. The van der Waals surface area contributed by atoms with E-state index in [1.54, 1.807) is 11.3 Å². The molecule has 0 radical (unpaired) electrons. The quantitative estimate of drug-likeness (QED) is 0.736. The summed E-state index contributed by atoms with van der Waals surface area (Å²) in [4.78, 5) is 15.9. The Morgan fingerprint density at radius 1 is 1.29 bits per heavy atom. The second kappa shape index (κ2) is 6.24. The van der Waals surface area contributed by atoms with E-state index >= 15 is 0 Å². The predicted octanol–water partition coefficient (Wildman–Crippen LogP) is 3.20. The van der Waals surface area contributed by atoms with Crippen molar-refractivity contribution in [1.29, 1.82) is 0 Å². The number of carbonyl (C=O) groups is 1. The summed E-state index contributed by atoms with van der Waals surface area (Å²) in [5.74, 6) is 0.386. The highest BCUT2D eigenvalue weighted by Gasteiger charge is 2.29. The summed E-state index contributed by atoms with van der Waals surface area (Å²) in [6, 6.07) is 12.4. The third-order valence-corrected chi connectivity index (χ3v) is 5.46. The lowest BCUT2D eigenvalue weighted by molar-refractivity contribution is -0.131. The van der Waals surface area contributed by atoms with Gasteiger partial charge in [0.15, 0.2) is 0 Å². The van der Waals surface area contributed by atoms with Gasteiger partial charge in [-0.2, -0.15) is 5.10 Å². The molecule has 4 nitrogen and oxygen atoms in total. The molecule has 0 fully saturated rings. The third-order valence-electron chi connectivity index (χ3n) is 4.58. The maximum absolute atomic E-state index is 12.8. The van der Waals surface area contributed by atoms with Crippen LogP contribution in [0.25, 0.3) is 0 Å². The van der Waals surface area contributed by atoms with Gasteiger partial charge in [-0.15, -0.1) is 11.3 Å². The van der Waals surface area contributed by atoms with Gasteiger partial charge in [0.2, 0.25) is 5.91 Å². The molecule has 1 aromatic carbocycles. The minimum atomic E-state index is 0.191. The molecule has 0 saturated carbocycles. The number of thiophene rings is 1. The van der Waals surface area contributed by atoms with Crippen LogP contribution >= 0.6 is 11.3 Å². The van der Waals surface area contributed by atoms with E-state index in [2.05, 4.69) is 29.5 Å². The fourth-order valence-corrected chi connectivity index (χ4v) is 4.07. The van der Waals surface area contributed by atoms with Gasteiger partial charge in [-0.3, -0.25) is 9.48 Å². The van der Waals surface area contributed by atoms with Crippen molar-refractivity contribution in [3.8, 4) is 0 Å². The molecule has 0 spiro atoms. The average Bonchev–Trinajstić information content (AvgIpc) is 3.25. The molecule has 122 valence electrons. The molecule has 0 bridgehead atoms. The number of fused-ring (bicyclic) bond motifs is 1. The topological polar surface area (TPSA) is 38.1 Å². The number of amides is 1. The minimum absolute atomic E-state index is 0.191. The lowest BCUT2D eigenvalue weighted by Crippen LogP contribution is -2.39. The highest BCUT2D eigenvalue weighted by atomic mass is 32.1.